The quantitative estimate of drug-likeness (QED) is 0.505. The first-order valence-corrected chi connectivity index (χ1v) is 8.56. The van der Waals surface area contributed by atoms with E-state index >= 15 is 0 Å². The number of aryl methyl sites for hydroxylation is 2. The Bertz CT molecular complexity index is 1230. The van der Waals surface area contributed by atoms with Gasteiger partial charge in [-0.3, -0.25) is 9.20 Å². The molecule has 0 aliphatic rings. The second kappa shape index (κ2) is 7.07. The summed E-state index contributed by atoms with van der Waals surface area (Å²) in [6, 6.07) is 11.6. The smallest absolute Gasteiger partial charge is 0.338 e. The van der Waals surface area contributed by atoms with Crippen molar-refractivity contribution in [2.45, 2.75) is 20.5 Å². The van der Waals surface area contributed by atoms with Crippen molar-refractivity contribution in [3.05, 3.63) is 81.7 Å². The standard InChI is InChI=1S/C20H16N4O4/c1-12-3-8-17-22-16(9-18(25)24(17)10-12)11-27-20(26)15-6-4-14(5-7-15)19-21-13(2)23-28-19/h3-10H,11H2,1-2H3. The highest BCUT2D eigenvalue weighted by Gasteiger charge is 2.11. The summed E-state index contributed by atoms with van der Waals surface area (Å²) in [6.45, 7) is 3.53. The molecule has 0 spiro atoms. The zero-order valence-corrected chi connectivity index (χ0v) is 15.2. The summed E-state index contributed by atoms with van der Waals surface area (Å²) in [4.78, 5) is 33.0. The Morgan fingerprint density at radius 3 is 2.61 bits per heavy atom. The van der Waals surface area contributed by atoms with E-state index in [2.05, 4.69) is 15.1 Å². The van der Waals surface area contributed by atoms with E-state index in [1.54, 1.807) is 43.5 Å². The highest BCUT2D eigenvalue weighted by molar-refractivity contribution is 5.89. The fourth-order valence-corrected chi connectivity index (χ4v) is 2.72. The molecule has 3 aromatic heterocycles. The van der Waals surface area contributed by atoms with Crippen molar-refractivity contribution < 1.29 is 14.1 Å². The molecule has 1 aromatic carbocycles. The Morgan fingerprint density at radius 2 is 1.89 bits per heavy atom. The van der Waals surface area contributed by atoms with Gasteiger partial charge in [-0.2, -0.15) is 4.98 Å². The van der Waals surface area contributed by atoms with Crippen LogP contribution in [-0.2, 0) is 11.3 Å². The first kappa shape index (κ1) is 17.6. The number of aromatic nitrogens is 4. The van der Waals surface area contributed by atoms with Crippen LogP contribution in [0.2, 0.25) is 0 Å². The molecule has 0 fully saturated rings. The molecule has 0 N–H and O–H groups in total. The number of carbonyl (C=O) groups is 1. The molecule has 140 valence electrons. The molecule has 28 heavy (non-hydrogen) atoms. The first-order chi connectivity index (χ1) is 13.5. The van der Waals surface area contributed by atoms with E-state index in [9.17, 15) is 9.59 Å². The summed E-state index contributed by atoms with van der Waals surface area (Å²) in [7, 11) is 0. The minimum Gasteiger partial charge on any atom is -0.456 e. The lowest BCUT2D eigenvalue weighted by Gasteiger charge is -2.07. The molecule has 4 aromatic rings. The number of hydrogen-bond acceptors (Lipinski definition) is 7. The molecule has 8 nitrogen and oxygen atoms in total. The minimum absolute atomic E-state index is 0.0942. The molecule has 0 atom stereocenters. The maximum Gasteiger partial charge on any atom is 0.338 e. The molecule has 0 aliphatic heterocycles. The molecule has 0 unspecified atom stereocenters. The SMILES string of the molecule is Cc1ccc2nc(COC(=O)c3ccc(-c4nc(C)no4)cc3)cc(=O)n2c1. The fraction of sp³-hybridized carbons (Fsp3) is 0.150. The van der Waals surface area contributed by atoms with Crippen LogP contribution in [0.25, 0.3) is 17.1 Å². The lowest BCUT2D eigenvalue weighted by molar-refractivity contribution is 0.0467. The van der Waals surface area contributed by atoms with Crippen molar-refractivity contribution in [3.8, 4) is 11.5 Å². The largest absolute Gasteiger partial charge is 0.456 e. The molecular weight excluding hydrogens is 360 g/mol. The summed E-state index contributed by atoms with van der Waals surface area (Å²) in [6.07, 6.45) is 1.72. The van der Waals surface area contributed by atoms with Gasteiger partial charge in [-0.25, -0.2) is 9.78 Å². The van der Waals surface area contributed by atoms with Gasteiger partial charge in [0.1, 0.15) is 12.3 Å². The number of rotatable bonds is 4. The van der Waals surface area contributed by atoms with Crippen LogP contribution in [0.1, 0.15) is 27.4 Å². The van der Waals surface area contributed by atoms with E-state index in [1.165, 1.54) is 10.5 Å². The molecule has 0 bridgehead atoms. The van der Waals surface area contributed by atoms with E-state index < -0.39 is 5.97 Å². The lowest BCUT2D eigenvalue weighted by atomic mass is 10.1. The number of benzene rings is 1. The second-order valence-electron chi connectivity index (χ2n) is 6.32. The van der Waals surface area contributed by atoms with Crippen LogP contribution in [-0.4, -0.2) is 25.5 Å². The Labute approximate surface area is 159 Å². The maximum atomic E-state index is 12.3. The highest BCUT2D eigenvalue weighted by Crippen LogP contribution is 2.18. The number of nitrogens with zero attached hydrogens (tertiary/aromatic N) is 4. The summed E-state index contributed by atoms with van der Waals surface area (Å²) >= 11 is 0. The average molecular weight is 376 g/mol. The van der Waals surface area contributed by atoms with Crippen molar-refractivity contribution in [3.63, 3.8) is 0 Å². The third-order valence-electron chi connectivity index (χ3n) is 4.11. The van der Waals surface area contributed by atoms with Crippen molar-refractivity contribution in [1.82, 2.24) is 19.5 Å². The van der Waals surface area contributed by atoms with Crippen molar-refractivity contribution in [2.24, 2.45) is 0 Å². The van der Waals surface area contributed by atoms with Gasteiger partial charge in [0.25, 0.3) is 11.4 Å². The summed E-state index contributed by atoms with van der Waals surface area (Å²) in [5, 5.41) is 3.74. The van der Waals surface area contributed by atoms with Crippen molar-refractivity contribution >= 4 is 11.6 Å². The van der Waals surface area contributed by atoms with Crippen LogP contribution in [0, 0.1) is 13.8 Å². The van der Waals surface area contributed by atoms with Crippen LogP contribution in [0.4, 0.5) is 0 Å². The van der Waals surface area contributed by atoms with Gasteiger partial charge in [0.05, 0.1) is 11.3 Å². The van der Waals surface area contributed by atoms with Crippen molar-refractivity contribution in [2.75, 3.05) is 0 Å². The Balaban J connectivity index is 1.47. The topological polar surface area (TPSA) is 99.6 Å². The molecule has 0 saturated carbocycles. The number of esters is 1. The maximum absolute atomic E-state index is 12.3. The Hall–Kier alpha value is -3.81. The number of ether oxygens (including phenoxy) is 1. The normalized spacial score (nSPS) is 10.9. The van der Waals surface area contributed by atoms with Crippen LogP contribution in [0.15, 0.2) is 58.0 Å². The van der Waals surface area contributed by atoms with E-state index in [4.69, 9.17) is 9.26 Å². The van der Waals surface area contributed by atoms with Crippen molar-refractivity contribution in [1.29, 1.82) is 0 Å². The fourth-order valence-electron chi connectivity index (χ4n) is 2.72. The van der Waals surface area contributed by atoms with Crippen LogP contribution in [0.3, 0.4) is 0 Å². The van der Waals surface area contributed by atoms with E-state index in [0.717, 1.165) is 5.56 Å². The van der Waals surface area contributed by atoms with Gasteiger partial charge in [-0.15, -0.1) is 0 Å². The van der Waals surface area contributed by atoms with E-state index in [0.29, 0.717) is 34.2 Å². The molecular formula is C20H16N4O4. The molecule has 0 saturated heterocycles. The predicted octanol–water partition coefficient (Wildman–Crippen LogP) is 2.72. The van der Waals surface area contributed by atoms with Gasteiger partial charge >= 0.3 is 5.97 Å². The molecule has 0 aliphatic carbocycles. The highest BCUT2D eigenvalue weighted by atomic mass is 16.5. The molecule has 0 amide bonds. The molecule has 3 heterocycles. The van der Waals surface area contributed by atoms with Gasteiger partial charge < -0.3 is 9.26 Å². The Kier molecular flexibility index (Phi) is 4.44. The lowest BCUT2D eigenvalue weighted by Crippen LogP contribution is -2.16. The number of hydrogen-bond donors (Lipinski definition) is 0. The number of pyridine rings is 1. The van der Waals surface area contributed by atoms with Gasteiger partial charge in [0, 0.05) is 17.8 Å². The monoisotopic (exact) mass is 376 g/mol. The van der Waals surface area contributed by atoms with Gasteiger partial charge in [0.2, 0.25) is 0 Å². The van der Waals surface area contributed by atoms with Gasteiger partial charge in [-0.1, -0.05) is 11.2 Å². The predicted molar refractivity (Wildman–Crippen MR) is 99.8 cm³/mol. The third kappa shape index (κ3) is 3.52. The molecule has 4 rings (SSSR count). The zero-order chi connectivity index (χ0) is 19.7. The molecule has 0 radical (unpaired) electrons. The Morgan fingerprint density at radius 1 is 1.11 bits per heavy atom. The zero-order valence-electron chi connectivity index (χ0n) is 15.2. The van der Waals surface area contributed by atoms with E-state index in [-0.39, 0.29) is 12.2 Å². The van der Waals surface area contributed by atoms with Crippen LogP contribution >= 0.6 is 0 Å². The van der Waals surface area contributed by atoms with E-state index in [1.807, 2.05) is 13.0 Å². The van der Waals surface area contributed by atoms with Crippen LogP contribution in [0.5, 0.6) is 0 Å². The third-order valence-corrected chi connectivity index (χ3v) is 4.11. The van der Waals surface area contributed by atoms with Gasteiger partial charge in [-0.05, 0) is 49.7 Å². The summed E-state index contributed by atoms with van der Waals surface area (Å²) in [5.41, 5.74) is 2.70. The second-order valence-corrected chi connectivity index (χ2v) is 6.32. The number of fused-ring (bicyclic) bond motifs is 1. The summed E-state index contributed by atoms with van der Waals surface area (Å²) < 4.78 is 11.8. The van der Waals surface area contributed by atoms with Crippen LogP contribution < -0.4 is 5.56 Å². The molecule has 8 heteroatoms. The minimum atomic E-state index is -0.515. The summed E-state index contributed by atoms with van der Waals surface area (Å²) in [5.74, 6) is 0.403. The average Bonchev–Trinajstić information content (AvgIpc) is 3.13. The van der Waals surface area contributed by atoms with Gasteiger partial charge in [0.15, 0.2) is 5.82 Å². The first-order valence-electron chi connectivity index (χ1n) is 8.56. The number of carbonyl (C=O) groups excluding carboxylic acids is 1.